The number of amides is 1. The minimum Gasteiger partial charge on any atom is -0.446 e. The zero-order valence-electron chi connectivity index (χ0n) is 11.0. The van der Waals surface area contributed by atoms with E-state index in [-0.39, 0.29) is 30.3 Å². The zero-order valence-corrected chi connectivity index (χ0v) is 11.8. The first-order valence-corrected chi connectivity index (χ1v) is 7.29. The maximum absolute atomic E-state index is 11.9. The Kier molecular flexibility index (Phi) is 5.35. The molecule has 1 saturated carbocycles. The zero-order chi connectivity index (χ0) is 13.7. The number of halogens is 1. The van der Waals surface area contributed by atoms with Crippen LogP contribution in [0.5, 0.6) is 0 Å². The maximum Gasteiger partial charge on any atom is 0.410 e. The van der Waals surface area contributed by atoms with Gasteiger partial charge in [0.15, 0.2) is 0 Å². The molecule has 3 unspecified atom stereocenters. The Morgan fingerprint density at radius 1 is 1.37 bits per heavy atom. The van der Waals surface area contributed by atoms with Gasteiger partial charge in [0, 0.05) is 19.5 Å². The number of nitrogens with zero attached hydrogens (tertiary/aromatic N) is 1. The third-order valence-electron chi connectivity index (χ3n) is 3.68. The summed E-state index contributed by atoms with van der Waals surface area (Å²) in [7, 11) is 0. The first kappa shape index (κ1) is 14.5. The Morgan fingerprint density at radius 2 is 2.11 bits per heavy atom. The lowest BCUT2D eigenvalue weighted by atomic mass is 9.94. The van der Waals surface area contributed by atoms with Crippen molar-refractivity contribution in [2.45, 2.75) is 49.7 Å². The first-order valence-electron chi connectivity index (χ1n) is 6.85. The van der Waals surface area contributed by atoms with Crippen molar-refractivity contribution in [3.8, 4) is 12.3 Å². The van der Waals surface area contributed by atoms with Crippen LogP contribution in [-0.2, 0) is 9.47 Å². The van der Waals surface area contributed by atoms with Crippen LogP contribution in [0.3, 0.4) is 0 Å². The number of alkyl halides is 1. The van der Waals surface area contributed by atoms with Crippen LogP contribution in [0.4, 0.5) is 4.79 Å². The van der Waals surface area contributed by atoms with Crippen LogP contribution in [0, 0.1) is 12.3 Å². The van der Waals surface area contributed by atoms with Crippen LogP contribution in [-0.4, -0.2) is 48.3 Å². The van der Waals surface area contributed by atoms with Crippen molar-refractivity contribution in [3.05, 3.63) is 0 Å². The van der Waals surface area contributed by atoms with Crippen LogP contribution in [0.1, 0.15) is 32.1 Å². The molecular weight excluding hydrogens is 266 g/mol. The predicted octanol–water partition coefficient (Wildman–Crippen LogP) is 2.40. The summed E-state index contributed by atoms with van der Waals surface area (Å²) in [5, 5.41) is -0.140. The molecule has 2 rings (SSSR count). The molecule has 0 aromatic heterocycles. The van der Waals surface area contributed by atoms with E-state index in [9.17, 15) is 4.79 Å². The van der Waals surface area contributed by atoms with Gasteiger partial charge in [-0.05, 0) is 25.7 Å². The van der Waals surface area contributed by atoms with Crippen molar-refractivity contribution in [2.75, 3.05) is 19.7 Å². The number of hydrogen-bond acceptors (Lipinski definition) is 3. The van der Waals surface area contributed by atoms with Gasteiger partial charge in [-0.1, -0.05) is 5.92 Å². The topological polar surface area (TPSA) is 38.8 Å². The van der Waals surface area contributed by atoms with E-state index >= 15 is 0 Å². The van der Waals surface area contributed by atoms with Crippen LogP contribution in [0.25, 0.3) is 0 Å². The van der Waals surface area contributed by atoms with Crippen molar-refractivity contribution in [1.29, 1.82) is 0 Å². The van der Waals surface area contributed by atoms with E-state index in [1.807, 2.05) is 0 Å². The summed E-state index contributed by atoms with van der Waals surface area (Å²) in [5.74, 6) is 2.44. The Balaban J connectivity index is 1.75. The quantitative estimate of drug-likeness (QED) is 0.590. The maximum atomic E-state index is 11.9. The Hall–Kier alpha value is -0.920. The molecule has 106 valence electrons. The molecule has 0 aromatic rings. The third kappa shape index (κ3) is 4.02. The molecule has 3 atom stereocenters. The van der Waals surface area contributed by atoms with E-state index < -0.39 is 0 Å². The molecule has 1 heterocycles. The third-order valence-corrected chi connectivity index (χ3v) is 4.14. The SMILES string of the molecule is C#CCOC1CCC(OC(=O)N2CCCC2)CC1Cl. The van der Waals surface area contributed by atoms with Crippen LogP contribution in [0.15, 0.2) is 0 Å². The van der Waals surface area contributed by atoms with E-state index in [1.54, 1.807) is 4.90 Å². The lowest BCUT2D eigenvalue weighted by Crippen LogP contribution is -2.39. The average Bonchev–Trinajstić information content (AvgIpc) is 2.92. The van der Waals surface area contributed by atoms with Gasteiger partial charge in [0.1, 0.15) is 12.7 Å². The summed E-state index contributed by atoms with van der Waals surface area (Å²) in [6, 6.07) is 0. The number of rotatable bonds is 3. The standard InChI is InChI=1S/C14H20ClNO3/c1-2-9-18-13-6-5-11(10-12(13)15)19-14(17)16-7-3-4-8-16/h1,11-13H,3-10H2. The predicted molar refractivity (Wildman–Crippen MR) is 73.1 cm³/mol. The van der Waals surface area contributed by atoms with Gasteiger partial charge in [-0.15, -0.1) is 18.0 Å². The van der Waals surface area contributed by atoms with Crippen LogP contribution >= 0.6 is 11.6 Å². The number of ether oxygens (including phenoxy) is 2. The minimum atomic E-state index is -0.200. The number of likely N-dealkylation sites (tertiary alicyclic amines) is 1. The van der Waals surface area contributed by atoms with E-state index in [2.05, 4.69) is 5.92 Å². The number of carbonyl (C=O) groups excluding carboxylic acids is 1. The monoisotopic (exact) mass is 285 g/mol. The van der Waals surface area contributed by atoms with Crippen molar-refractivity contribution in [2.24, 2.45) is 0 Å². The van der Waals surface area contributed by atoms with Gasteiger partial charge < -0.3 is 14.4 Å². The highest BCUT2D eigenvalue weighted by Gasteiger charge is 2.33. The van der Waals surface area contributed by atoms with Crippen molar-refractivity contribution < 1.29 is 14.3 Å². The normalized spacial score (nSPS) is 30.9. The molecular formula is C14H20ClNO3. The molecule has 1 amide bonds. The van der Waals surface area contributed by atoms with Gasteiger partial charge in [0.05, 0.1) is 11.5 Å². The number of carbonyl (C=O) groups is 1. The van der Waals surface area contributed by atoms with E-state index in [4.69, 9.17) is 27.5 Å². The first-order chi connectivity index (χ1) is 9.20. The lowest BCUT2D eigenvalue weighted by Gasteiger charge is -2.32. The van der Waals surface area contributed by atoms with Gasteiger partial charge in [-0.2, -0.15) is 0 Å². The van der Waals surface area contributed by atoms with Gasteiger partial charge in [-0.25, -0.2) is 4.79 Å². The summed E-state index contributed by atoms with van der Waals surface area (Å²) in [5.41, 5.74) is 0. The van der Waals surface area contributed by atoms with Gasteiger partial charge in [0.2, 0.25) is 0 Å². The van der Waals surface area contributed by atoms with Crippen molar-refractivity contribution in [3.63, 3.8) is 0 Å². The molecule has 2 aliphatic rings. The summed E-state index contributed by atoms with van der Waals surface area (Å²) in [4.78, 5) is 13.6. The molecule has 1 aliphatic carbocycles. The smallest absolute Gasteiger partial charge is 0.410 e. The molecule has 4 nitrogen and oxygen atoms in total. The second kappa shape index (κ2) is 7.02. The van der Waals surface area contributed by atoms with Crippen molar-refractivity contribution in [1.82, 2.24) is 4.90 Å². The van der Waals surface area contributed by atoms with Gasteiger partial charge in [-0.3, -0.25) is 0 Å². The Bertz CT molecular complexity index is 349. The summed E-state index contributed by atoms with van der Waals surface area (Å²) >= 11 is 6.26. The fraction of sp³-hybridized carbons (Fsp3) is 0.786. The molecule has 0 spiro atoms. The van der Waals surface area contributed by atoms with E-state index in [0.29, 0.717) is 6.42 Å². The highest BCUT2D eigenvalue weighted by molar-refractivity contribution is 6.21. The van der Waals surface area contributed by atoms with Gasteiger partial charge in [0.25, 0.3) is 0 Å². The average molecular weight is 286 g/mol. The summed E-state index contributed by atoms with van der Waals surface area (Å²) in [6.45, 7) is 1.90. The summed E-state index contributed by atoms with van der Waals surface area (Å²) < 4.78 is 11.0. The molecule has 1 saturated heterocycles. The molecule has 19 heavy (non-hydrogen) atoms. The minimum absolute atomic E-state index is 0.0283. The number of terminal acetylenes is 1. The fourth-order valence-corrected chi connectivity index (χ4v) is 3.02. The molecule has 0 N–H and O–H groups in total. The number of hydrogen-bond donors (Lipinski definition) is 0. The van der Waals surface area contributed by atoms with Crippen molar-refractivity contribution >= 4 is 17.7 Å². The van der Waals surface area contributed by atoms with Crippen LogP contribution < -0.4 is 0 Å². The second-order valence-electron chi connectivity index (χ2n) is 5.08. The molecule has 1 aliphatic heterocycles. The highest BCUT2D eigenvalue weighted by Crippen LogP contribution is 2.28. The highest BCUT2D eigenvalue weighted by atomic mass is 35.5. The molecule has 0 radical (unpaired) electrons. The molecule has 0 aromatic carbocycles. The van der Waals surface area contributed by atoms with Crippen LogP contribution in [0.2, 0.25) is 0 Å². The lowest BCUT2D eigenvalue weighted by molar-refractivity contribution is -0.00190. The van der Waals surface area contributed by atoms with Gasteiger partial charge >= 0.3 is 6.09 Å². The largest absolute Gasteiger partial charge is 0.446 e. The Morgan fingerprint density at radius 3 is 2.74 bits per heavy atom. The molecule has 0 bridgehead atoms. The fourth-order valence-electron chi connectivity index (χ4n) is 2.62. The molecule has 5 heteroatoms. The second-order valence-corrected chi connectivity index (χ2v) is 5.64. The molecule has 2 fully saturated rings. The van der Waals surface area contributed by atoms with E-state index in [1.165, 1.54) is 0 Å². The van der Waals surface area contributed by atoms with E-state index in [0.717, 1.165) is 38.8 Å². The Labute approximate surface area is 119 Å². The summed E-state index contributed by atoms with van der Waals surface area (Å²) in [6.07, 6.45) is 9.19.